The molecule has 110 valence electrons. The number of hydrogen-bond donors (Lipinski definition) is 1. The van der Waals surface area contributed by atoms with E-state index in [0.717, 1.165) is 43.5 Å². The molecular formula is C16H23NO3. The van der Waals surface area contributed by atoms with Crippen LogP contribution >= 0.6 is 0 Å². The Hall–Kier alpha value is -1.55. The Kier molecular flexibility index (Phi) is 5.01. The van der Waals surface area contributed by atoms with E-state index in [2.05, 4.69) is 17.9 Å². The first kappa shape index (κ1) is 14.9. The van der Waals surface area contributed by atoms with Gasteiger partial charge in [0.25, 0.3) is 0 Å². The number of aliphatic carboxylic acids is 1. The largest absolute Gasteiger partial charge is 0.496 e. The second-order valence-corrected chi connectivity index (χ2v) is 5.32. The van der Waals surface area contributed by atoms with E-state index < -0.39 is 5.97 Å². The minimum atomic E-state index is -0.700. The third-order valence-corrected chi connectivity index (χ3v) is 4.01. The van der Waals surface area contributed by atoms with Crippen LogP contribution in [0.2, 0.25) is 0 Å². The zero-order valence-electron chi connectivity index (χ0n) is 12.3. The Bertz CT molecular complexity index is 473. The molecule has 2 rings (SSSR count). The Balaban J connectivity index is 2.13. The normalized spacial score (nSPS) is 19.8. The molecule has 0 bridgehead atoms. The standard InChI is InChI=1S/C16H23NO3/c1-3-13-10-12(7-8-15(13)20-2)11-17-9-5-4-6-14(17)16(18)19/h7-8,10,14H,3-6,9,11H2,1-2H3,(H,18,19). The quantitative estimate of drug-likeness (QED) is 0.899. The number of rotatable bonds is 5. The number of nitrogens with zero attached hydrogens (tertiary/aromatic N) is 1. The zero-order valence-corrected chi connectivity index (χ0v) is 12.3. The van der Waals surface area contributed by atoms with Gasteiger partial charge in [0.05, 0.1) is 7.11 Å². The van der Waals surface area contributed by atoms with E-state index in [0.29, 0.717) is 6.54 Å². The molecule has 1 aromatic carbocycles. The number of hydrogen-bond acceptors (Lipinski definition) is 3. The molecule has 4 heteroatoms. The van der Waals surface area contributed by atoms with E-state index in [1.807, 2.05) is 12.1 Å². The van der Waals surface area contributed by atoms with Gasteiger partial charge in [-0.3, -0.25) is 9.69 Å². The minimum Gasteiger partial charge on any atom is -0.496 e. The van der Waals surface area contributed by atoms with Crippen LogP contribution in [0.15, 0.2) is 18.2 Å². The lowest BCUT2D eigenvalue weighted by atomic mass is 10.0. The fourth-order valence-corrected chi connectivity index (χ4v) is 2.90. The van der Waals surface area contributed by atoms with Crippen molar-refractivity contribution < 1.29 is 14.6 Å². The van der Waals surface area contributed by atoms with E-state index in [4.69, 9.17) is 4.74 Å². The second-order valence-electron chi connectivity index (χ2n) is 5.32. The van der Waals surface area contributed by atoms with Crippen LogP contribution in [0.1, 0.15) is 37.3 Å². The van der Waals surface area contributed by atoms with Crippen LogP contribution in [-0.2, 0) is 17.8 Å². The summed E-state index contributed by atoms with van der Waals surface area (Å²) in [7, 11) is 1.68. The Morgan fingerprint density at radius 2 is 2.25 bits per heavy atom. The van der Waals surface area contributed by atoms with Crippen molar-refractivity contribution in [3.05, 3.63) is 29.3 Å². The van der Waals surface area contributed by atoms with Gasteiger partial charge in [-0.25, -0.2) is 0 Å². The number of carboxylic acids is 1. The third-order valence-electron chi connectivity index (χ3n) is 4.01. The first-order valence-electron chi connectivity index (χ1n) is 7.28. The Morgan fingerprint density at radius 1 is 1.45 bits per heavy atom. The predicted molar refractivity (Wildman–Crippen MR) is 78.1 cm³/mol. The van der Waals surface area contributed by atoms with Crippen LogP contribution in [0.3, 0.4) is 0 Å². The molecule has 1 aliphatic rings. The smallest absolute Gasteiger partial charge is 0.320 e. The van der Waals surface area contributed by atoms with Crippen molar-refractivity contribution in [2.45, 2.75) is 45.2 Å². The molecule has 0 spiro atoms. The van der Waals surface area contributed by atoms with Crippen molar-refractivity contribution in [1.29, 1.82) is 0 Å². The summed E-state index contributed by atoms with van der Waals surface area (Å²) in [6.45, 7) is 3.67. The molecule has 0 saturated carbocycles. The van der Waals surface area contributed by atoms with E-state index in [1.165, 1.54) is 5.56 Å². The van der Waals surface area contributed by atoms with Crippen LogP contribution in [-0.4, -0.2) is 35.7 Å². The highest BCUT2D eigenvalue weighted by molar-refractivity contribution is 5.73. The summed E-state index contributed by atoms with van der Waals surface area (Å²) in [6.07, 6.45) is 3.77. The number of carboxylic acid groups (broad SMARTS) is 1. The van der Waals surface area contributed by atoms with E-state index in [1.54, 1.807) is 7.11 Å². The number of piperidine rings is 1. The molecule has 1 unspecified atom stereocenters. The maximum Gasteiger partial charge on any atom is 0.320 e. The lowest BCUT2D eigenvalue weighted by Crippen LogP contribution is -2.44. The number of methoxy groups -OCH3 is 1. The Morgan fingerprint density at radius 3 is 2.90 bits per heavy atom. The molecule has 1 heterocycles. The van der Waals surface area contributed by atoms with Gasteiger partial charge in [0.1, 0.15) is 11.8 Å². The summed E-state index contributed by atoms with van der Waals surface area (Å²) in [5.74, 6) is 0.207. The number of ether oxygens (including phenoxy) is 1. The van der Waals surface area contributed by atoms with Gasteiger partial charge < -0.3 is 9.84 Å². The highest BCUT2D eigenvalue weighted by Crippen LogP contribution is 2.24. The van der Waals surface area contributed by atoms with Crippen LogP contribution in [0, 0.1) is 0 Å². The maximum absolute atomic E-state index is 11.3. The molecule has 0 aromatic heterocycles. The number of carbonyl (C=O) groups is 1. The fraction of sp³-hybridized carbons (Fsp3) is 0.562. The van der Waals surface area contributed by atoms with Gasteiger partial charge in [0, 0.05) is 6.54 Å². The van der Waals surface area contributed by atoms with Crippen molar-refractivity contribution in [3.8, 4) is 5.75 Å². The van der Waals surface area contributed by atoms with Crippen molar-refractivity contribution in [1.82, 2.24) is 4.90 Å². The summed E-state index contributed by atoms with van der Waals surface area (Å²) in [5.41, 5.74) is 2.34. The zero-order chi connectivity index (χ0) is 14.5. The third kappa shape index (κ3) is 3.31. The highest BCUT2D eigenvalue weighted by atomic mass is 16.5. The van der Waals surface area contributed by atoms with Crippen molar-refractivity contribution in [2.75, 3.05) is 13.7 Å². The van der Waals surface area contributed by atoms with Gasteiger partial charge in [-0.15, -0.1) is 0 Å². The van der Waals surface area contributed by atoms with Crippen LogP contribution in [0.5, 0.6) is 5.75 Å². The molecule has 0 aliphatic carbocycles. The van der Waals surface area contributed by atoms with E-state index >= 15 is 0 Å². The molecule has 0 amide bonds. The monoisotopic (exact) mass is 277 g/mol. The van der Waals surface area contributed by atoms with Gasteiger partial charge in [-0.1, -0.05) is 25.5 Å². The molecule has 20 heavy (non-hydrogen) atoms. The van der Waals surface area contributed by atoms with Crippen LogP contribution < -0.4 is 4.74 Å². The number of aryl methyl sites for hydroxylation is 1. The molecule has 0 radical (unpaired) electrons. The summed E-state index contributed by atoms with van der Waals surface area (Å²) in [5, 5.41) is 9.31. The predicted octanol–water partition coefficient (Wildman–Crippen LogP) is 2.70. The molecule has 4 nitrogen and oxygen atoms in total. The van der Waals surface area contributed by atoms with E-state index in [-0.39, 0.29) is 6.04 Å². The second kappa shape index (κ2) is 6.75. The summed E-state index contributed by atoms with van der Waals surface area (Å²) >= 11 is 0. The summed E-state index contributed by atoms with van der Waals surface area (Å²) < 4.78 is 5.33. The fourth-order valence-electron chi connectivity index (χ4n) is 2.90. The van der Waals surface area contributed by atoms with Gasteiger partial charge in [0.15, 0.2) is 0 Å². The number of likely N-dealkylation sites (tertiary alicyclic amines) is 1. The van der Waals surface area contributed by atoms with Gasteiger partial charge in [-0.05, 0) is 43.0 Å². The van der Waals surface area contributed by atoms with Gasteiger partial charge in [0.2, 0.25) is 0 Å². The topological polar surface area (TPSA) is 49.8 Å². The van der Waals surface area contributed by atoms with E-state index in [9.17, 15) is 9.90 Å². The average molecular weight is 277 g/mol. The molecule has 1 N–H and O–H groups in total. The molecule has 1 saturated heterocycles. The van der Waals surface area contributed by atoms with Gasteiger partial charge >= 0.3 is 5.97 Å². The molecule has 1 aliphatic heterocycles. The molecular weight excluding hydrogens is 254 g/mol. The molecule has 1 fully saturated rings. The Labute approximate surface area is 120 Å². The lowest BCUT2D eigenvalue weighted by Gasteiger charge is -2.33. The average Bonchev–Trinajstić information content (AvgIpc) is 2.47. The first-order valence-corrected chi connectivity index (χ1v) is 7.28. The molecule has 1 atom stereocenters. The van der Waals surface area contributed by atoms with Crippen molar-refractivity contribution >= 4 is 5.97 Å². The maximum atomic E-state index is 11.3. The van der Waals surface area contributed by atoms with Crippen LogP contribution in [0.25, 0.3) is 0 Å². The van der Waals surface area contributed by atoms with Crippen molar-refractivity contribution in [3.63, 3.8) is 0 Å². The molecule has 1 aromatic rings. The minimum absolute atomic E-state index is 0.337. The lowest BCUT2D eigenvalue weighted by molar-refractivity contribution is -0.144. The first-order chi connectivity index (χ1) is 9.65. The van der Waals surface area contributed by atoms with Gasteiger partial charge in [-0.2, -0.15) is 0 Å². The highest BCUT2D eigenvalue weighted by Gasteiger charge is 2.28. The van der Waals surface area contributed by atoms with Crippen molar-refractivity contribution in [2.24, 2.45) is 0 Å². The SMILES string of the molecule is CCc1cc(CN2CCCCC2C(=O)O)ccc1OC. The van der Waals surface area contributed by atoms with Crippen LogP contribution in [0.4, 0.5) is 0 Å². The summed E-state index contributed by atoms with van der Waals surface area (Å²) in [6, 6.07) is 5.81. The summed E-state index contributed by atoms with van der Waals surface area (Å²) in [4.78, 5) is 13.4. The number of benzene rings is 1.